The van der Waals surface area contributed by atoms with Gasteiger partial charge in [-0.1, -0.05) is 237 Å². The Balaban J connectivity index is 0.859. The van der Waals surface area contributed by atoms with Gasteiger partial charge < -0.3 is 0 Å². The minimum atomic E-state index is 0.205. The van der Waals surface area contributed by atoms with Gasteiger partial charge in [0.15, 0.2) is 5.82 Å². The maximum absolute atomic E-state index is 5.33. The van der Waals surface area contributed by atoms with E-state index in [-0.39, 0.29) is 5.92 Å². The van der Waals surface area contributed by atoms with Gasteiger partial charge in [0, 0.05) is 17.0 Å². The van der Waals surface area contributed by atoms with E-state index < -0.39 is 0 Å². The molecule has 1 aliphatic rings. The van der Waals surface area contributed by atoms with Crippen LogP contribution in [-0.2, 0) is 0 Å². The van der Waals surface area contributed by atoms with Crippen LogP contribution in [-0.4, -0.2) is 9.97 Å². The molecule has 1 heterocycles. The Hall–Kier alpha value is -8.46. The van der Waals surface area contributed by atoms with E-state index in [1.165, 1.54) is 72.0 Å². The van der Waals surface area contributed by atoms with E-state index in [1.54, 1.807) is 0 Å². The molecule has 0 saturated carbocycles. The molecule has 324 valence electrons. The van der Waals surface area contributed by atoms with Crippen LogP contribution in [0.1, 0.15) is 42.5 Å². The van der Waals surface area contributed by atoms with Gasteiger partial charge in [-0.25, -0.2) is 9.97 Å². The van der Waals surface area contributed by atoms with Crippen molar-refractivity contribution in [1.29, 1.82) is 0 Å². The second-order valence-electron chi connectivity index (χ2n) is 17.6. The van der Waals surface area contributed by atoms with Gasteiger partial charge >= 0.3 is 0 Å². The number of hydrogen-bond acceptors (Lipinski definition) is 2. The molecular formula is C66H50N2. The number of hydrogen-bond donors (Lipinski definition) is 0. The first-order valence-electron chi connectivity index (χ1n) is 23.7. The topological polar surface area (TPSA) is 25.8 Å². The number of rotatable bonds is 11. The molecule has 0 fully saturated rings. The van der Waals surface area contributed by atoms with Crippen LogP contribution in [0.2, 0.25) is 0 Å². The predicted octanol–water partition coefficient (Wildman–Crippen LogP) is 17.8. The van der Waals surface area contributed by atoms with Gasteiger partial charge in [0.05, 0.1) is 11.4 Å². The molecule has 10 aromatic rings. The van der Waals surface area contributed by atoms with E-state index in [9.17, 15) is 0 Å². The van der Waals surface area contributed by atoms with Gasteiger partial charge in [0.1, 0.15) is 0 Å². The summed E-state index contributed by atoms with van der Waals surface area (Å²) in [5.41, 5.74) is 19.6. The standard InChI is InChI=1S/C66H50N2/c1-2-3-15-46-16-9-21-53(40-46)47-32-34-48(35-33-47)54-22-10-24-56(41-54)58-26-12-28-60(43-58)65-45-64(52-18-5-4-6-19-52)67-66(68-65)61-29-13-27-59(44-61)57-25-11-23-55(42-57)49-36-38-51(39-37-49)63-31-14-20-50-17-7-8-30-62(50)63/h3-42,44-45,58H,2,43H2,1H3/b15-3-. The van der Waals surface area contributed by atoms with Gasteiger partial charge in [0.2, 0.25) is 0 Å². The van der Waals surface area contributed by atoms with Crippen LogP contribution < -0.4 is 0 Å². The highest BCUT2D eigenvalue weighted by molar-refractivity contribution is 5.97. The van der Waals surface area contributed by atoms with Crippen molar-refractivity contribution in [1.82, 2.24) is 9.97 Å². The molecule has 0 spiro atoms. The zero-order valence-corrected chi connectivity index (χ0v) is 38.1. The lowest BCUT2D eigenvalue weighted by atomic mass is 9.85. The zero-order valence-electron chi connectivity index (χ0n) is 38.1. The Morgan fingerprint density at radius 1 is 0.441 bits per heavy atom. The van der Waals surface area contributed by atoms with Gasteiger partial charge in [-0.3, -0.25) is 0 Å². The van der Waals surface area contributed by atoms with E-state index in [1.807, 2.05) is 0 Å². The second-order valence-corrected chi connectivity index (χ2v) is 17.6. The third-order valence-electron chi connectivity index (χ3n) is 13.1. The summed E-state index contributed by atoms with van der Waals surface area (Å²) in [7, 11) is 0. The van der Waals surface area contributed by atoms with Crippen LogP contribution in [0.15, 0.2) is 249 Å². The van der Waals surface area contributed by atoms with Crippen LogP contribution in [0.25, 0.3) is 101 Å². The Bertz CT molecular complexity index is 3500. The highest BCUT2D eigenvalue weighted by Crippen LogP contribution is 2.38. The van der Waals surface area contributed by atoms with Crippen molar-refractivity contribution in [3.8, 4) is 78.3 Å². The minimum absolute atomic E-state index is 0.205. The van der Waals surface area contributed by atoms with Crippen LogP contribution in [0.3, 0.4) is 0 Å². The highest BCUT2D eigenvalue weighted by atomic mass is 14.9. The summed E-state index contributed by atoms with van der Waals surface area (Å²) in [6.07, 6.45) is 13.0. The first-order chi connectivity index (χ1) is 33.6. The van der Waals surface area contributed by atoms with Gasteiger partial charge in [-0.05, 0) is 120 Å². The van der Waals surface area contributed by atoms with E-state index in [0.29, 0.717) is 5.82 Å². The number of benzene rings is 9. The molecule has 0 radical (unpaired) electrons. The average molecular weight is 871 g/mol. The van der Waals surface area contributed by atoms with Crippen LogP contribution in [0, 0.1) is 0 Å². The van der Waals surface area contributed by atoms with Gasteiger partial charge in [0.25, 0.3) is 0 Å². The highest BCUT2D eigenvalue weighted by Gasteiger charge is 2.19. The third kappa shape index (κ3) is 9.05. The number of fused-ring (bicyclic) bond motifs is 1. The summed E-state index contributed by atoms with van der Waals surface area (Å²) in [6.45, 7) is 2.17. The number of aromatic nitrogens is 2. The lowest BCUT2D eigenvalue weighted by Crippen LogP contribution is -2.04. The molecular weight excluding hydrogens is 821 g/mol. The maximum Gasteiger partial charge on any atom is 0.160 e. The third-order valence-corrected chi connectivity index (χ3v) is 13.1. The van der Waals surface area contributed by atoms with Crippen molar-refractivity contribution in [3.05, 3.63) is 266 Å². The molecule has 1 unspecified atom stereocenters. The molecule has 9 aromatic carbocycles. The fourth-order valence-electron chi connectivity index (χ4n) is 9.51. The van der Waals surface area contributed by atoms with Crippen LogP contribution in [0.4, 0.5) is 0 Å². The Morgan fingerprint density at radius 3 is 1.72 bits per heavy atom. The van der Waals surface area contributed by atoms with Gasteiger partial charge in [-0.15, -0.1) is 0 Å². The molecule has 1 aliphatic carbocycles. The number of allylic oxidation sites excluding steroid dienone is 5. The van der Waals surface area contributed by atoms with Crippen molar-refractivity contribution in [2.24, 2.45) is 0 Å². The van der Waals surface area contributed by atoms with E-state index in [2.05, 4.69) is 262 Å². The summed E-state index contributed by atoms with van der Waals surface area (Å²) in [6, 6.07) is 80.9. The van der Waals surface area contributed by atoms with E-state index in [0.717, 1.165) is 46.5 Å². The molecule has 2 nitrogen and oxygen atoms in total. The predicted molar refractivity (Wildman–Crippen MR) is 288 cm³/mol. The molecule has 1 atom stereocenters. The Kier molecular flexibility index (Phi) is 11.9. The molecule has 11 rings (SSSR count). The van der Waals surface area contributed by atoms with Crippen molar-refractivity contribution in [3.63, 3.8) is 0 Å². The first-order valence-corrected chi connectivity index (χ1v) is 23.7. The fraction of sp³-hybridized carbons (Fsp3) is 0.0606. The Labute approximate surface area is 400 Å². The quantitative estimate of drug-likeness (QED) is 0.129. The smallest absolute Gasteiger partial charge is 0.160 e. The van der Waals surface area contributed by atoms with Gasteiger partial charge in [-0.2, -0.15) is 0 Å². The summed E-state index contributed by atoms with van der Waals surface area (Å²) in [5, 5.41) is 2.52. The normalized spacial score (nSPS) is 13.5. The molecule has 68 heavy (non-hydrogen) atoms. The van der Waals surface area contributed by atoms with Crippen LogP contribution in [0.5, 0.6) is 0 Å². The van der Waals surface area contributed by atoms with Crippen molar-refractivity contribution < 1.29 is 0 Å². The maximum atomic E-state index is 5.33. The second kappa shape index (κ2) is 19.2. The zero-order chi connectivity index (χ0) is 45.7. The summed E-state index contributed by atoms with van der Waals surface area (Å²) < 4.78 is 0. The average Bonchev–Trinajstić information content (AvgIpc) is 3.43. The van der Waals surface area contributed by atoms with Crippen molar-refractivity contribution in [2.75, 3.05) is 0 Å². The van der Waals surface area contributed by atoms with E-state index in [4.69, 9.17) is 9.97 Å². The van der Waals surface area contributed by atoms with Crippen molar-refractivity contribution >= 4 is 22.4 Å². The summed E-state index contributed by atoms with van der Waals surface area (Å²) >= 11 is 0. The molecule has 0 bridgehead atoms. The fourth-order valence-corrected chi connectivity index (χ4v) is 9.51. The van der Waals surface area contributed by atoms with E-state index >= 15 is 0 Å². The largest absolute Gasteiger partial charge is 0.228 e. The minimum Gasteiger partial charge on any atom is -0.228 e. The molecule has 2 heteroatoms. The van der Waals surface area contributed by atoms with Crippen LogP contribution >= 0.6 is 0 Å². The molecule has 0 aliphatic heterocycles. The first kappa shape index (κ1) is 42.2. The molecule has 0 saturated heterocycles. The Morgan fingerprint density at radius 2 is 0.985 bits per heavy atom. The number of nitrogens with zero attached hydrogens (tertiary/aromatic N) is 2. The summed E-state index contributed by atoms with van der Waals surface area (Å²) in [5.74, 6) is 0.918. The lowest BCUT2D eigenvalue weighted by Gasteiger charge is -2.20. The lowest BCUT2D eigenvalue weighted by molar-refractivity contribution is 0.863. The molecule has 0 amide bonds. The van der Waals surface area contributed by atoms with Crippen molar-refractivity contribution in [2.45, 2.75) is 25.7 Å². The summed E-state index contributed by atoms with van der Waals surface area (Å²) in [4.78, 5) is 10.6. The molecule has 1 aromatic heterocycles. The molecule has 0 N–H and O–H groups in total. The SMILES string of the molecule is CC/C=C\c1cccc(-c2ccc(-c3cccc(C4C=CC=C(c5cc(-c6ccccc6)nc(-c6cccc(-c7cccc(-c8ccc(-c9cccc%10ccccc9%10)cc8)c7)c6)n5)C4)c3)cc2)c1. The monoisotopic (exact) mass is 870 g/mol.